The number of anilines is 1. The van der Waals surface area contributed by atoms with Gasteiger partial charge in [0.25, 0.3) is 0 Å². The minimum Gasteiger partial charge on any atom is -0.341 e. The number of pyridine rings is 1. The van der Waals surface area contributed by atoms with Gasteiger partial charge in [0.15, 0.2) is 5.78 Å². The second-order valence-electron chi connectivity index (χ2n) is 8.20. The number of carbonyl (C=O) groups is 3. The number of carbonyl (C=O) groups excluding carboxylic acids is 3. The van der Waals surface area contributed by atoms with Crippen molar-refractivity contribution in [3.8, 4) is 0 Å². The van der Waals surface area contributed by atoms with E-state index in [0.717, 1.165) is 12.8 Å². The van der Waals surface area contributed by atoms with Crippen molar-refractivity contribution in [1.29, 1.82) is 0 Å². The minimum atomic E-state index is -0.261. The number of benzene rings is 1. The molecule has 8 nitrogen and oxygen atoms in total. The zero-order chi connectivity index (χ0) is 23.0. The number of nitrogens with zero attached hydrogens (tertiary/aromatic N) is 4. The highest BCUT2D eigenvalue weighted by Gasteiger charge is 2.24. The van der Waals surface area contributed by atoms with Crippen molar-refractivity contribution in [2.75, 3.05) is 18.4 Å². The van der Waals surface area contributed by atoms with Crippen LogP contribution in [0.3, 0.4) is 0 Å². The first-order valence-electron chi connectivity index (χ1n) is 11.2. The lowest BCUT2D eigenvalue weighted by Gasteiger charge is -2.32. The van der Waals surface area contributed by atoms with Crippen LogP contribution in [0.25, 0.3) is 0 Å². The van der Waals surface area contributed by atoms with E-state index in [-0.39, 0.29) is 37.0 Å². The van der Waals surface area contributed by atoms with Gasteiger partial charge in [0.1, 0.15) is 6.54 Å². The van der Waals surface area contributed by atoms with Gasteiger partial charge in [-0.2, -0.15) is 5.10 Å². The monoisotopic (exact) mass is 445 g/mol. The summed E-state index contributed by atoms with van der Waals surface area (Å²) >= 11 is 0. The van der Waals surface area contributed by atoms with Gasteiger partial charge >= 0.3 is 0 Å². The first-order valence-corrected chi connectivity index (χ1v) is 11.2. The number of amides is 2. The highest BCUT2D eigenvalue weighted by Crippen LogP contribution is 2.27. The van der Waals surface area contributed by atoms with Crippen molar-refractivity contribution in [3.05, 3.63) is 78.4 Å². The van der Waals surface area contributed by atoms with Crippen LogP contribution in [0.2, 0.25) is 0 Å². The molecule has 3 aromatic rings. The van der Waals surface area contributed by atoms with Crippen LogP contribution in [0.4, 0.5) is 5.69 Å². The van der Waals surface area contributed by atoms with Gasteiger partial charge < -0.3 is 10.2 Å². The molecule has 1 aliphatic heterocycles. The summed E-state index contributed by atoms with van der Waals surface area (Å²) in [6.45, 7) is 1.56. The summed E-state index contributed by atoms with van der Waals surface area (Å²) < 4.78 is 1.53. The quantitative estimate of drug-likeness (QED) is 0.537. The zero-order valence-electron chi connectivity index (χ0n) is 18.4. The predicted octanol–water partition coefficient (Wildman–Crippen LogP) is 3.29. The molecule has 0 bridgehead atoms. The fraction of sp³-hybridized carbons (Fsp3) is 0.320. The van der Waals surface area contributed by atoms with Gasteiger partial charge in [0, 0.05) is 50.1 Å². The number of Topliss-reactive ketones (excluding diaryl/α,β-unsaturated/α-hetero) is 1. The Labute approximate surface area is 192 Å². The summed E-state index contributed by atoms with van der Waals surface area (Å²) in [7, 11) is 0. The van der Waals surface area contributed by atoms with Gasteiger partial charge in [-0.1, -0.05) is 30.3 Å². The maximum atomic E-state index is 12.7. The van der Waals surface area contributed by atoms with Crippen LogP contribution in [-0.2, 0) is 16.1 Å². The Balaban J connectivity index is 1.21. The summed E-state index contributed by atoms with van der Waals surface area (Å²) in [4.78, 5) is 42.9. The fourth-order valence-electron chi connectivity index (χ4n) is 4.07. The Morgan fingerprint density at radius 2 is 1.70 bits per heavy atom. The molecule has 0 atom stereocenters. The molecule has 1 aromatic carbocycles. The molecule has 0 saturated carbocycles. The van der Waals surface area contributed by atoms with Crippen LogP contribution < -0.4 is 5.32 Å². The SMILES string of the molecule is O=C(CCC(=O)c1ccccc1)Nc1cnn(CC(=O)N2CCC(c3ccncc3)CC2)c1. The largest absolute Gasteiger partial charge is 0.341 e. The first kappa shape index (κ1) is 22.4. The van der Waals surface area contributed by atoms with Gasteiger partial charge in [0.2, 0.25) is 11.8 Å². The van der Waals surface area contributed by atoms with Crippen LogP contribution in [0, 0.1) is 0 Å². The highest BCUT2D eigenvalue weighted by molar-refractivity contribution is 5.99. The first-order chi connectivity index (χ1) is 16.1. The molecule has 4 rings (SSSR count). The van der Waals surface area contributed by atoms with E-state index >= 15 is 0 Å². The van der Waals surface area contributed by atoms with E-state index in [1.54, 1.807) is 30.5 Å². The molecular formula is C25H27N5O3. The third-order valence-corrected chi connectivity index (χ3v) is 5.91. The molecule has 0 unspecified atom stereocenters. The van der Waals surface area contributed by atoms with Gasteiger partial charge in [0.05, 0.1) is 11.9 Å². The Kier molecular flexibility index (Phi) is 7.24. The van der Waals surface area contributed by atoms with Crippen LogP contribution in [0.15, 0.2) is 67.3 Å². The topological polar surface area (TPSA) is 97.2 Å². The zero-order valence-corrected chi connectivity index (χ0v) is 18.4. The molecule has 1 saturated heterocycles. The standard InChI is InChI=1S/C25H27N5O3/c31-23(21-4-2-1-3-5-21)6-7-24(32)28-22-16-27-30(17-22)18-25(33)29-14-10-20(11-15-29)19-8-12-26-13-9-19/h1-5,8-9,12-13,16-17,20H,6-7,10-11,14-15,18H2,(H,28,32). The van der Waals surface area contributed by atoms with Crippen molar-refractivity contribution in [2.45, 2.75) is 38.1 Å². The minimum absolute atomic E-state index is 0.0117. The maximum absolute atomic E-state index is 12.7. The lowest BCUT2D eigenvalue weighted by molar-refractivity contribution is -0.133. The van der Waals surface area contributed by atoms with E-state index in [0.29, 0.717) is 30.3 Å². The summed E-state index contributed by atoms with van der Waals surface area (Å²) in [5.41, 5.74) is 2.38. The van der Waals surface area contributed by atoms with E-state index in [9.17, 15) is 14.4 Å². The Morgan fingerprint density at radius 3 is 2.42 bits per heavy atom. The molecular weight excluding hydrogens is 418 g/mol. The number of piperidine rings is 1. The van der Waals surface area contributed by atoms with Crippen LogP contribution in [-0.4, -0.2) is 50.4 Å². The normalized spacial score (nSPS) is 14.1. The molecule has 170 valence electrons. The predicted molar refractivity (Wildman–Crippen MR) is 124 cm³/mol. The van der Waals surface area contributed by atoms with Gasteiger partial charge in [-0.05, 0) is 36.5 Å². The molecule has 2 amide bonds. The second kappa shape index (κ2) is 10.7. The molecule has 0 spiro atoms. The average Bonchev–Trinajstić information content (AvgIpc) is 3.30. The van der Waals surface area contributed by atoms with Crippen molar-refractivity contribution in [3.63, 3.8) is 0 Å². The fourth-order valence-corrected chi connectivity index (χ4v) is 4.07. The van der Waals surface area contributed by atoms with Crippen molar-refractivity contribution in [1.82, 2.24) is 19.7 Å². The molecule has 33 heavy (non-hydrogen) atoms. The average molecular weight is 446 g/mol. The molecule has 0 aliphatic carbocycles. The summed E-state index contributed by atoms with van der Waals surface area (Å²) in [6, 6.07) is 13.0. The molecule has 1 aliphatic rings. The van der Waals surface area contributed by atoms with E-state index in [1.807, 2.05) is 35.5 Å². The molecule has 3 heterocycles. The lowest BCUT2D eigenvalue weighted by atomic mass is 9.90. The van der Waals surface area contributed by atoms with Gasteiger partial charge in [-0.3, -0.25) is 24.0 Å². The third-order valence-electron chi connectivity index (χ3n) is 5.91. The lowest BCUT2D eigenvalue weighted by Crippen LogP contribution is -2.39. The van der Waals surface area contributed by atoms with Gasteiger partial charge in [-0.25, -0.2) is 0 Å². The molecule has 1 fully saturated rings. The Bertz CT molecular complexity index is 1090. The number of likely N-dealkylation sites (tertiary alicyclic amines) is 1. The number of hydrogen-bond acceptors (Lipinski definition) is 5. The summed E-state index contributed by atoms with van der Waals surface area (Å²) in [6.07, 6.45) is 8.85. The number of rotatable bonds is 8. The third kappa shape index (κ3) is 6.12. The van der Waals surface area contributed by atoms with E-state index in [4.69, 9.17) is 0 Å². The summed E-state index contributed by atoms with van der Waals surface area (Å²) in [5, 5.41) is 6.93. The van der Waals surface area contributed by atoms with Crippen molar-refractivity contribution < 1.29 is 14.4 Å². The number of ketones is 1. The van der Waals surface area contributed by atoms with E-state index in [2.05, 4.69) is 15.4 Å². The highest BCUT2D eigenvalue weighted by atomic mass is 16.2. The molecule has 1 N–H and O–H groups in total. The Morgan fingerprint density at radius 1 is 0.970 bits per heavy atom. The van der Waals surface area contributed by atoms with Crippen LogP contribution in [0.5, 0.6) is 0 Å². The second-order valence-corrected chi connectivity index (χ2v) is 8.20. The van der Waals surface area contributed by atoms with Crippen LogP contribution in [0.1, 0.15) is 47.5 Å². The smallest absolute Gasteiger partial charge is 0.244 e. The molecule has 8 heteroatoms. The van der Waals surface area contributed by atoms with Gasteiger partial charge in [-0.15, -0.1) is 0 Å². The number of nitrogens with one attached hydrogen (secondary N) is 1. The summed E-state index contributed by atoms with van der Waals surface area (Å²) in [5.74, 6) is 0.137. The van der Waals surface area contributed by atoms with Crippen LogP contribution >= 0.6 is 0 Å². The molecule has 2 aromatic heterocycles. The van der Waals surface area contributed by atoms with Crippen molar-refractivity contribution >= 4 is 23.3 Å². The Hall–Kier alpha value is -3.81. The molecule has 0 radical (unpaired) electrons. The maximum Gasteiger partial charge on any atom is 0.244 e. The van der Waals surface area contributed by atoms with E-state index in [1.165, 1.54) is 16.4 Å². The van der Waals surface area contributed by atoms with Crippen molar-refractivity contribution in [2.24, 2.45) is 0 Å². The number of hydrogen-bond donors (Lipinski definition) is 1. The number of aromatic nitrogens is 3. The van der Waals surface area contributed by atoms with E-state index < -0.39 is 0 Å².